The Balaban J connectivity index is 1.22. The van der Waals surface area contributed by atoms with Gasteiger partial charge in [0.2, 0.25) is 5.95 Å². The topological polar surface area (TPSA) is 88.1 Å². The lowest BCUT2D eigenvalue weighted by molar-refractivity contribution is -0.274. The molecule has 1 aliphatic carbocycles. The number of hydrogen-bond donors (Lipinski definition) is 4. The average molecular weight is 582 g/mol. The first-order valence-corrected chi connectivity index (χ1v) is 13.6. The lowest BCUT2D eigenvalue weighted by Gasteiger charge is -2.16. The van der Waals surface area contributed by atoms with Crippen molar-refractivity contribution in [2.45, 2.75) is 51.6 Å². The van der Waals surface area contributed by atoms with Crippen molar-refractivity contribution in [3.63, 3.8) is 0 Å². The van der Waals surface area contributed by atoms with Gasteiger partial charge in [-0.3, -0.25) is 5.43 Å². The van der Waals surface area contributed by atoms with Gasteiger partial charge in [-0.25, -0.2) is 5.43 Å². The zero-order valence-corrected chi connectivity index (χ0v) is 23.3. The lowest BCUT2D eigenvalue weighted by atomic mass is 10.0. The zero-order chi connectivity index (χ0) is 29.0. The van der Waals surface area contributed by atoms with Crippen LogP contribution in [0.3, 0.4) is 0 Å². The molecule has 0 atom stereocenters. The largest absolute Gasteiger partial charge is 0.573 e. The van der Waals surface area contributed by atoms with Crippen LogP contribution in [0.5, 0.6) is 5.75 Å². The Hall–Kier alpha value is -4.16. The fraction of sp³-hybridized carbons (Fsp3) is 0.276. The molecule has 0 saturated heterocycles. The second-order valence-electron chi connectivity index (χ2n) is 10.0. The first-order chi connectivity index (χ1) is 19.6. The molecule has 3 aromatic carbocycles. The summed E-state index contributed by atoms with van der Waals surface area (Å²) in [6, 6.07) is 21.7. The number of benzene rings is 3. The maximum Gasteiger partial charge on any atom is 0.573 e. The maximum atomic E-state index is 12.5. The minimum atomic E-state index is -4.75. The minimum Gasteiger partial charge on any atom is -0.406 e. The number of aromatic nitrogens is 3. The summed E-state index contributed by atoms with van der Waals surface area (Å²) in [6.45, 7) is 4.80. The number of halogens is 3. The number of rotatable bonds is 10. The number of anilines is 2. The summed E-state index contributed by atoms with van der Waals surface area (Å²) in [5, 5.41) is 11.7. The van der Waals surface area contributed by atoms with Crippen LogP contribution in [-0.4, -0.2) is 32.3 Å². The molecule has 0 aliphatic heterocycles. The molecule has 0 spiro atoms. The van der Waals surface area contributed by atoms with Crippen LogP contribution >= 0.6 is 12.2 Å². The van der Waals surface area contributed by atoms with Crippen molar-refractivity contribution in [2.75, 3.05) is 10.6 Å². The van der Waals surface area contributed by atoms with Gasteiger partial charge in [-0.2, -0.15) is 9.67 Å². The Labute approximate surface area is 241 Å². The Morgan fingerprint density at radius 3 is 2.39 bits per heavy atom. The Morgan fingerprint density at radius 2 is 1.73 bits per heavy atom. The van der Waals surface area contributed by atoms with Crippen molar-refractivity contribution in [3.8, 4) is 22.8 Å². The predicted molar refractivity (Wildman–Crippen MR) is 157 cm³/mol. The number of hydrazine groups is 1. The SMILES string of the molecule is CC(C)c1ccccc1NC(=S)NNCc1ccc(-c2nc(NC3CC3)n(-c3ccc(OC(F)(F)F)cc3)n2)cc1. The highest BCUT2D eigenvalue weighted by Gasteiger charge is 2.31. The number of ether oxygens (including phenoxy) is 1. The third kappa shape index (κ3) is 7.74. The standard InChI is InChI=1S/C29H30F3N7OS/c1-18(2)24-5-3-4-6-25(24)35-28(41)37-33-17-19-7-9-20(10-8-19)26-36-27(34-21-11-12-21)39(38-26)22-13-15-23(16-14-22)40-29(30,31)32/h3-10,13-16,18,21,33H,11-12,17H2,1-2H3,(H,34,36,38)(H2,35,37,41). The highest BCUT2D eigenvalue weighted by molar-refractivity contribution is 7.80. The molecular weight excluding hydrogens is 551 g/mol. The molecule has 1 aliphatic rings. The molecule has 41 heavy (non-hydrogen) atoms. The van der Waals surface area contributed by atoms with Gasteiger partial charge < -0.3 is 15.4 Å². The van der Waals surface area contributed by atoms with E-state index in [0.29, 0.717) is 41.1 Å². The molecule has 8 nitrogen and oxygen atoms in total. The summed E-state index contributed by atoms with van der Waals surface area (Å²) >= 11 is 5.44. The van der Waals surface area contributed by atoms with Gasteiger partial charge in [-0.15, -0.1) is 18.3 Å². The molecule has 0 amide bonds. The first kappa shape index (κ1) is 28.4. The molecule has 4 N–H and O–H groups in total. The third-order valence-electron chi connectivity index (χ3n) is 6.37. The second kappa shape index (κ2) is 12.1. The van der Waals surface area contributed by atoms with Crippen LogP contribution in [-0.2, 0) is 6.54 Å². The quantitative estimate of drug-likeness (QED) is 0.124. The van der Waals surface area contributed by atoms with E-state index in [2.05, 4.69) is 56.2 Å². The Kier molecular flexibility index (Phi) is 8.41. The van der Waals surface area contributed by atoms with E-state index >= 15 is 0 Å². The summed E-state index contributed by atoms with van der Waals surface area (Å²) in [4.78, 5) is 4.67. The summed E-state index contributed by atoms with van der Waals surface area (Å²) < 4.78 is 43.2. The van der Waals surface area contributed by atoms with Crippen molar-refractivity contribution < 1.29 is 17.9 Å². The summed E-state index contributed by atoms with van der Waals surface area (Å²) in [5.74, 6) is 1.10. The van der Waals surface area contributed by atoms with Crippen molar-refractivity contribution in [3.05, 3.63) is 83.9 Å². The van der Waals surface area contributed by atoms with Gasteiger partial charge in [-0.1, -0.05) is 56.3 Å². The van der Waals surface area contributed by atoms with Crippen LogP contribution in [0.4, 0.5) is 24.8 Å². The van der Waals surface area contributed by atoms with Crippen LogP contribution in [0.1, 0.15) is 43.7 Å². The lowest BCUT2D eigenvalue weighted by Crippen LogP contribution is -2.39. The van der Waals surface area contributed by atoms with Gasteiger partial charge in [0.1, 0.15) is 5.75 Å². The van der Waals surface area contributed by atoms with E-state index < -0.39 is 6.36 Å². The number of thiocarbonyl (C=S) groups is 1. The molecule has 4 aromatic rings. The van der Waals surface area contributed by atoms with Crippen LogP contribution in [0.15, 0.2) is 72.8 Å². The van der Waals surface area contributed by atoms with Gasteiger partial charge in [0, 0.05) is 23.8 Å². The fourth-order valence-electron chi connectivity index (χ4n) is 4.17. The van der Waals surface area contributed by atoms with Crippen molar-refractivity contribution >= 4 is 29.0 Å². The molecule has 1 aromatic heterocycles. The van der Waals surface area contributed by atoms with Crippen LogP contribution in [0.2, 0.25) is 0 Å². The van der Waals surface area contributed by atoms with E-state index in [1.807, 2.05) is 42.5 Å². The predicted octanol–water partition coefficient (Wildman–Crippen LogP) is 6.52. The maximum absolute atomic E-state index is 12.5. The molecule has 0 radical (unpaired) electrons. The van der Waals surface area contributed by atoms with Gasteiger partial charge >= 0.3 is 6.36 Å². The highest BCUT2D eigenvalue weighted by Crippen LogP contribution is 2.29. The summed E-state index contributed by atoms with van der Waals surface area (Å²) in [6.07, 6.45) is -2.69. The molecule has 1 saturated carbocycles. The molecular formula is C29H30F3N7OS. The van der Waals surface area contributed by atoms with Crippen molar-refractivity contribution in [1.29, 1.82) is 0 Å². The van der Waals surface area contributed by atoms with Gasteiger partial charge in [-0.05, 0) is 72.4 Å². The Morgan fingerprint density at radius 1 is 1.02 bits per heavy atom. The smallest absolute Gasteiger partial charge is 0.406 e. The van der Waals surface area contributed by atoms with Crippen molar-refractivity contribution in [2.24, 2.45) is 0 Å². The number of nitrogens with zero attached hydrogens (tertiary/aromatic N) is 3. The van der Waals surface area contributed by atoms with E-state index in [0.717, 1.165) is 29.7 Å². The van der Waals surface area contributed by atoms with Gasteiger partial charge in [0.05, 0.1) is 5.69 Å². The Bertz CT molecular complexity index is 1480. The van der Waals surface area contributed by atoms with E-state index in [-0.39, 0.29) is 5.75 Å². The monoisotopic (exact) mass is 581 g/mol. The van der Waals surface area contributed by atoms with Crippen LogP contribution < -0.4 is 26.2 Å². The van der Waals surface area contributed by atoms with Crippen molar-refractivity contribution in [1.82, 2.24) is 25.6 Å². The molecule has 1 heterocycles. The van der Waals surface area contributed by atoms with E-state index in [1.165, 1.54) is 29.8 Å². The first-order valence-electron chi connectivity index (χ1n) is 13.2. The van der Waals surface area contributed by atoms with E-state index in [9.17, 15) is 13.2 Å². The highest BCUT2D eigenvalue weighted by atomic mass is 32.1. The van der Waals surface area contributed by atoms with E-state index in [1.54, 1.807) is 4.68 Å². The molecule has 0 bridgehead atoms. The second-order valence-corrected chi connectivity index (χ2v) is 10.4. The van der Waals surface area contributed by atoms with E-state index in [4.69, 9.17) is 12.2 Å². The van der Waals surface area contributed by atoms with Gasteiger partial charge in [0.25, 0.3) is 0 Å². The minimum absolute atomic E-state index is 0.297. The van der Waals surface area contributed by atoms with Gasteiger partial charge in [0.15, 0.2) is 10.9 Å². The number of para-hydroxylation sites is 1. The molecule has 214 valence electrons. The fourth-order valence-corrected chi connectivity index (χ4v) is 4.36. The molecule has 1 fully saturated rings. The number of alkyl halides is 3. The van der Waals surface area contributed by atoms with Crippen LogP contribution in [0.25, 0.3) is 17.1 Å². The third-order valence-corrected chi connectivity index (χ3v) is 6.57. The number of hydrogen-bond acceptors (Lipinski definition) is 6. The molecule has 0 unspecified atom stereocenters. The molecule has 12 heteroatoms. The summed E-state index contributed by atoms with van der Waals surface area (Å²) in [7, 11) is 0. The molecule has 5 rings (SSSR count). The van der Waals surface area contributed by atoms with Crippen LogP contribution in [0, 0.1) is 0 Å². The zero-order valence-electron chi connectivity index (χ0n) is 22.5. The summed E-state index contributed by atoms with van der Waals surface area (Å²) in [5.41, 5.74) is 10.7. The average Bonchev–Trinajstić information content (AvgIpc) is 3.65. The normalized spacial score (nSPS) is 13.2. The number of nitrogens with one attached hydrogen (secondary N) is 4.